The summed E-state index contributed by atoms with van der Waals surface area (Å²) in [6.45, 7) is 7.57. The van der Waals surface area contributed by atoms with E-state index in [0.717, 1.165) is 24.9 Å². The largest absolute Gasteiger partial charge is 0.385 e. The molecule has 0 radical (unpaired) electrons. The fourth-order valence-electron chi connectivity index (χ4n) is 1.83. The maximum atomic E-state index is 4.69. The summed E-state index contributed by atoms with van der Waals surface area (Å²) in [4.78, 5) is 0. The van der Waals surface area contributed by atoms with Crippen LogP contribution in [-0.4, -0.2) is 13.7 Å². The minimum atomic E-state index is 0.889. The SMILES string of the molecule is CCCCC1CC1CC.CCCOC. The molecule has 1 aliphatic rings. The molecule has 0 aromatic carbocycles. The molecule has 1 fully saturated rings. The smallest absolute Gasteiger partial charge is 0.0459 e. The van der Waals surface area contributed by atoms with Crippen LogP contribution in [0.15, 0.2) is 0 Å². The number of ether oxygens (including phenoxy) is 1. The molecule has 0 aliphatic heterocycles. The van der Waals surface area contributed by atoms with Gasteiger partial charge in [0.05, 0.1) is 0 Å². The Morgan fingerprint density at radius 2 is 1.79 bits per heavy atom. The Morgan fingerprint density at radius 1 is 1.07 bits per heavy atom. The average molecular weight is 200 g/mol. The van der Waals surface area contributed by atoms with Gasteiger partial charge in [0.25, 0.3) is 0 Å². The molecule has 1 aliphatic carbocycles. The molecular weight excluding hydrogens is 172 g/mol. The van der Waals surface area contributed by atoms with Gasteiger partial charge in [-0.1, -0.05) is 46.5 Å². The highest BCUT2D eigenvalue weighted by Crippen LogP contribution is 2.44. The third kappa shape index (κ3) is 7.37. The summed E-state index contributed by atoms with van der Waals surface area (Å²) in [5, 5.41) is 0. The number of rotatable bonds is 6. The first kappa shape index (κ1) is 14.0. The maximum absolute atomic E-state index is 4.69. The summed E-state index contributed by atoms with van der Waals surface area (Å²) in [5.41, 5.74) is 0. The Labute approximate surface area is 90.2 Å². The van der Waals surface area contributed by atoms with E-state index in [1.165, 1.54) is 32.1 Å². The normalized spacial score (nSPS) is 24.0. The third-order valence-corrected chi connectivity index (χ3v) is 2.93. The summed E-state index contributed by atoms with van der Waals surface area (Å²) in [7, 11) is 1.71. The highest BCUT2D eigenvalue weighted by Gasteiger charge is 2.33. The Kier molecular flexibility index (Phi) is 9.49. The van der Waals surface area contributed by atoms with Crippen molar-refractivity contribution in [1.82, 2.24) is 0 Å². The van der Waals surface area contributed by atoms with Crippen molar-refractivity contribution in [3.05, 3.63) is 0 Å². The molecule has 2 unspecified atom stereocenters. The molecule has 1 nitrogen and oxygen atoms in total. The van der Waals surface area contributed by atoms with Crippen LogP contribution < -0.4 is 0 Å². The first-order valence-electron chi connectivity index (χ1n) is 6.28. The van der Waals surface area contributed by atoms with Crippen LogP contribution in [0.5, 0.6) is 0 Å². The summed E-state index contributed by atoms with van der Waals surface area (Å²) in [6, 6.07) is 0. The monoisotopic (exact) mass is 200 g/mol. The van der Waals surface area contributed by atoms with E-state index in [2.05, 4.69) is 20.8 Å². The van der Waals surface area contributed by atoms with E-state index in [9.17, 15) is 0 Å². The van der Waals surface area contributed by atoms with Gasteiger partial charge < -0.3 is 4.74 Å². The van der Waals surface area contributed by atoms with E-state index in [4.69, 9.17) is 4.74 Å². The van der Waals surface area contributed by atoms with Crippen LogP contribution in [0, 0.1) is 11.8 Å². The maximum Gasteiger partial charge on any atom is 0.0459 e. The Bertz CT molecular complexity index is 110. The van der Waals surface area contributed by atoms with Gasteiger partial charge in [-0.3, -0.25) is 0 Å². The van der Waals surface area contributed by atoms with Crippen molar-refractivity contribution >= 4 is 0 Å². The second-order valence-electron chi connectivity index (χ2n) is 4.30. The number of unbranched alkanes of at least 4 members (excludes halogenated alkanes) is 1. The topological polar surface area (TPSA) is 9.23 Å². The fourth-order valence-corrected chi connectivity index (χ4v) is 1.83. The Hall–Kier alpha value is -0.0400. The van der Waals surface area contributed by atoms with Gasteiger partial charge in [0.1, 0.15) is 0 Å². The molecule has 1 rings (SSSR count). The summed E-state index contributed by atoms with van der Waals surface area (Å²) < 4.78 is 4.69. The summed E-state index contributed by atoms with van der Waals surface area (Å²) in [5.74, 6) is 2.26. The molecule has 0 saturated heterocycles. The van der Waals surface area contributed by atoms with Crippen LogP contribution in [0.2, 0.25) is 0 Å². The zero-order valence-corrected chi connectivity index (χ0v) is 10.5. The molecule has 0 N–H and O–H groups in total. The standard InChI is InChI=1S/C9H18.C4H10O/c1-3-5-6-9-7-8(9)4-2;1-3-4-5-2/h8-9H,3-7H2,1-2H3;3-4H2,1-2H3. The van der Waals surface area contributed by atoms with Gasteiger partial charge in [-0.15, -0.1) is 0 Å². The molecule has 2 atom stereocenters. The highest BCUT2D eigenvalue weighted by molar-refractivity contribution is 4.84. The summed E-state index contributed by atoms with van der Waals surface area (Å²) >= 11 is 0. The van der Waals surface area contributed by atoms with Gasteiger partial charge >= 0.3 is 0 Å². The van der Waals surface area contributed by atoms with Crippen LogP contribution >= 0.6 is 0 Å². The molecule has 86 valence electrons. The van der Waals surface area contributed by atoms with Crippen molar-refractivity contribution in [3.63, 3.8) is 0 Å². The van der Waals surface area contributed by atoms with Crippen LogP contribution in [0.1, 0.15) is 59.3 Å². The Balaban J connectivity index is 0.000000292. The van der Waals surface area contributed by atoms with Gasteiger partial charge in [-0.25, -0.2) is 0 Å². The van der Waals surface area contributed by atoms with Crippen LogP contribution in [0.25, 0.3) is 0 Å². The van der Waals surface area contributed by atoms with Crippen molar-refractivity contribution in [2.45, 2.75) is 59.3 Å². The first-order chi connectivity index (χ1) is 6.79. The zero-order chi connectivity index (χ0) is 10.8. The van der Waals surface area contributed by atoms with Crippen molar-refractivity contribution in [2.75, 3.05) is 13.7 Å². The van der Waals surface area contributed by atoms with Crippen LogP contribution in [0.3, 0.4) is 0 Å². The number of hydrogen-bond acceptors (Lipinski definition) is 1. The number of methoxy groups -OCH3 is 1. The second kappa shape index (κ2) is 9.51. The van der Waals surface area contributed by atoms with E-state index in [-0.39, 0.29) is 0 Å². The van der Waals surface area contributed by atoms with E-state index < -0.39 is 0 Å². The van der Waals surface area contributed by atoms with Gasteiger partial charge in [-0.05, 0) is 24.7 Å². The average Bonchev–Trinajstić information content (AvgIpc) is 2.95. The lowest BCUT2D eigenvalue weighted by Gasteiger charge is -1.93. The number of hydrogen-bond donors (Lipinski definition) is 0. The van der Waals surface area contributed by atoms with Gasteiger partial charge in [0, 0.05) is 13.7 Å². The molecule has 0 bridgehead atoms. The lowest BCUT2D eigenvalue weighted by molar-refractivity contribution is 0.199. The molecule has 0 aromatic rings. The lowest BCUT2D eigenvalue weighted by atomic mass is 10.1. The fraction of sp³-hybridized carbons (Fsp3) is 1.00. The van der Waals surface area contributed by atoms with Crippen molar-refractivity contribution < 1.29 is 4.74 Å². The molecule has 0 heterocycles. The minimum Gasteiger partial charge on any atom is -0.385 e. The van der Waals surface area contributed by atoms with E-state index >= 15 is 0 Å². The van der Waals surface area contributed by atoms with E-state index in [1.54, 1.807) is 7.11 Å². The van der Waals surface area contributed by atoms with Gasteiger partial charge in [0.15, 0.2) is 0 Å². The van der Waals surface area contributed by atoms with Crippen LogP contribution in [0.4, 0.5) is 0 Å². The highest BCUT2D eigenvalue weighted by atomic mass is 16.5. The predicted molar refractivity (Wildman–Crippen MR) is 63.6 cm³/mol. The molecule has 1 heteroatoms. The molecule has 0 aromatic heterocycles. The van der Waals surface area contributed by atoms with Crippen molar-refractivity contribution in [2.24, 2.45) is 11.8 Å². The van der Waals surface area contributed by atoms with E-state index in [1.807, 2.05) is 0 Å². The minimum absolute atomic E-state index is 0.889. The quantitative estimate of drug-likeness (QED) is 0.622. The summed E-state index contributed by atoms with van der Waals surface area (Å²) in [6.07, 6.45) is 8.44. The van der Waals surface area contributed by atoms with Crippen LogP contribution in [-0.2, 0) is 4.74 Å². The first-order valence-corrected chi connectivity index (χ1v) is 6.28. The Morgan fingerprint density at radius 3 is 2.07 bits per heavy atom. The van der Waals surface area contributed by atoms with Crippen molar-refractivity contribution in [1.29, 1.82) is 0 Å². The van der Waals surface area contributed by atoms with Crippen molar-refractivity contribution in [3.8, 4) is 0 Å². The molecule has 0 spiro atoms. The zero-order valence-electron chi connectivity index (χ0n) is 10.5. The third-order valence-electron chi connectivity index (χ3n) is 2.93. The predicted octanol–water partition coefficient (Wildman–Crippen LogP) is 4.27. The molecule has 0 amide bonds. The van der Waals surface area contributed by atoms with Gasteiger partial charge in [-0.2, -0.15) is 0 Å². The molecule has 14 heavy (non-hydrogen) atoms. The van der Waals surface area contributed by atoms with Gasteiger partial charge in [0.2, 0.25) is 0 Å². The molecular formula is C13H28O. The second-order valence-corrected chi connectivity index (χ2v) is 4.30. The lowest BCUT2D eigenvalue weighted by Crippen LogP contribution is -1.80. The van der Waals surface area contributed by atoms with E-state index in [0.29, 0.717) is 0 Å². The molecule has 1 saturated carbocycles.